The highest BCUT2D eigenvalue weighted by Crippen LogP contribution is 2.39. The second kappa shape index (κ2) is 3.97. The van der Waals surface area contributed by atoms with Crippen LogP contribution in [-0.4, -0.2) is 24.4 Å². The average molecular weight is 184 g/mol. The van der Waals surface area contributed by atoms with Crippen molar-refractivity contribution in [2.45, 2.75) is 38.7 Å². The molecule has 2 aliphatic rings. The summed E-state index contributed by atoms with van der Waals surface area (Å²) in [6.07, 6.45) is 4.68. The summed E-state index contributed by atoms with van der Waals surface area (Å²) in [5.41, 5.74) is 0. The van der Waals surface area contributed by atoms with Crippen LogP contribution in [0.2, 0.25) is 0 Å². The first-order valence-corrected chi connectivity index (χ1v) is 5.55. The van der Waals surface area contributed by atoms with Gasteiger partial charge >= 0.3 is 0 Å². The first-order valence-electron chi connectivity index (χ1n) is 5.55. The minimum absolute atomic E-state index is 0.0491. The van der Waals surface area contributed by atoms with E-state index in [1.807, 2.05) is 0 Å². The van der Waals surface area contributed by atoms with E-state index < -0.39 is 0 Å². The van der Waals surface area contributed by atoms with Gasteiger partial charge in [0.25, 0.3) is 0 Å². The third kappa shape index (κ3) is 1.89. The van der Waals surface area contributed by atoms with Crippen molar-refractivity contribution in [3.05, 3.63) is 0 Å². The topological polar surface area (TPSA) is 29.5 Å². The van der Waals surface area contributed by atoms with Gasteiger partial charge in [0, 0.05) is 13.2 Å². The normalized spacial score (nSPS) is 46.6. The summed E-state index contributed by atoms with van der Waals surface area (Å²) in [6.45, 7) is 4.07. The molecule has 0 bridgehead atoms. The van der Waals surface area contributed by atoms with Gasteiger partial charge in [-0.15, -0.1) is 0 Å². The lowest BCUT2D eigenvalue weighted by Crippen LogP contribution is -2.28. The number of hydrogen-bond donors (Lipinski definition) is 1. The summed E-state index contributed by atoms with van der Waals surface area (Å²) in [7, 11) is 0. The highest BCUT2D eigenvalue weighted by molar-refractivity contribution is 4.86. The number of aliphatic hydroxyl groups is 1. The van der Waals surface area contributed by atoms with Gasteiger partial charge in [-0.2, -0.15) is 0 Å². The third-order valence-corrected chi connectivity index (χ3v) is 3.88. The molecule has 4 unspecified atom stereocenters. The van der Waals surface area contributed by atoms with E-state index in [9.17, 15) is 5.11 Å². The fraction of sp³-hybridized carbons (Fsp3) is 1.00. The second-order valence-electron chi connectivity index (χ2n) is 4.64. The molecule has 2 nitrogen and oxygen atoms in total. The van der Waals surface area contributed by atoms with Crippen LogP contribution in [0.1, 0.15) is 32.6 Å². The molecule has 2 heteroatoms. The van der Waals surface area contributed by atoms with Crippen molar-refractivity contribution in [2.24, 2.45) is 17.8 Å². The van der Waals surface area contributed by atoms with Gasteiger partial charge in [-0.3, -0.25) is 0 Å². The van der Waals surface area contributed by atoms with Crippen LogP contribution in [0.15, 0.2) is 0 Å². The number of aliphatic hydroxyl groups excluding tert-OH is 1. The maximum atomic E-state index is 9.66. The maximum Gasteiger partial charge on any atom is 0.0568 e. The zero-order valence-electron chi connectivity index (χ0n) is 8.41. The molecule has 2 rings (SSSR count). The van der Waals surface area contributed by atoms with Crippen molar-refractivity contribution < 1.29 is 9.84 Å². The largest absolute Gasteiger partial charge is 0.393 e. The molecule has 2 fully saturated rings. The molecule has 4 atom stereocenters. The van der Waals surface area contributed by atoms with Crippen molar-refractivity contribution >= 4 is 0 Å². The zero-order valence-corrected chi connectivity index (χ0v) is 8.41. The molecule has 1 saturated carbocycles. The first kappa shape index (κ1) is 9.47. The van der Waals surface area contributed by atoms with E-state index >= 15 is 0 Å². The quantitative estimate of drug-likeness (QED) is 0.673. The molecular formula is C11H20O2. The van der Waals surface area contributed by atoms with E-state index in [2.05, 4.69) is 6.92 Å². The van der Waals surface area contributed by atoms with E-state index in [0.29, 0.717) is 5.92 Å². The summed E-state index contributed by atoms with van der Waals surface area (Å²) in [4.78, 5) is 0. The van der Waals surface area contributed by atoms with Crippen LogP contribution >= 0.6 is 0 Å². The molecule has 0 spiro atoms. The predicted molar refractivity (Wildman–Crippen MR) is 51.4 cm³/mol. The lowest BCUT2D eigenvalue weighted by molar-refractivity contribution is 0.0147. The lowest BCUT2D eigenvalue weighted by Gasteiger charge is -2.30. The van der Waals surface area contributed by atoms with E-state index in [-0.39, 0.29) is 6.10 Å². The van der Waals surface area contributed by atoms with Crippen LogP contribution in [0.3, 0.4) is 0 Å². The van der Waals surface area contributed by atoms with Gasteiger partial charge in [0.15, 0.2) is 0 Å². The fourth-order valence-electron chi connectivity index (χ4n) is 2.94. The van der Waals surface area contributed by atoms with Gasteiger partial charge in [-0.25, -0.2) is 0 Å². The van der Waals surface area contributed by atoms with Crippen LogP contribution in [-0.2, 0) is 4.74 Å². The molecule has 0 radical (unpaired) electrons. The van der Waals surface area contributed by atoms with Crippen molar-refractivity contribution in [3.63, 3.8) is 0 Å². The standard InChI is InChI=1S/C11H20O2/c1-8-10(4-5-11(8)12)9-3-2-6-13-7-9/h8-12H,2-7H2,1H3. The lowest BCUT2D eigenvalue weighted by atomic mass is 9.81. The van der Waals surface area contributed by atoms with Crippen LogP contribution in [0.4, 0.5) is 0 Å². The van der Waals surface area contributed by atoms with E-state index in [1.165, 1.54) is 19.3 Å². The Morgan fingerprint density at radius 1 is 1.23 bits per heavy atom. The molecule has 1 heterocycles. The van der Waals surface area contributed by atoms with Gasteiger partial charge in [-0.05, 0) is 43.4 Å². The van der Waals surface area contributed by atoms with E-state index in [0.717, 1.165) is 31.5 Å². The smallest absolute Gasteiger partial charge is 0.0568 e. The summed E-state index contributed by atoms with van der Waals surface area (Å²) in [5, 5.41) is 9.66. The third-order valence-electron chi connectivity index (χ3n) is 3.88. The maximum absolute atomic E-state index is 9.66. The van der Waals surface area contributed by atoms with E-state index in [4.69, 9.17) is 4.74 Å². The first-order chi connectivity index (χ1) is 6.29. The Balaban J connectivity index is 1.92. The van der Waals surface area contributed by atoms with Crippen LogP contribution in [0.5, 0.6) is 0 Å². The highest BCUT2D eigenvalue weighted by atomic mass is 16.5. The number of hydrogen-bond acceptors (Lipinski definition) is 2. The summed E-state index contributed by atoms with van der Waals surface area (Å²) in [5.74, 6) is 1.93. The zero-order chi connectivity index (χ0) is 9.26. The van der Waals surface area contributed by atoms with Crippen molar-refractivity contribution in [2.75, 3.05) is 13.2 Å². The molecule has 1 aliphatic heterocycles. The van der Waals surface area contributed by atoms with Crippen molar-refractivity contribution in [3.8, 4) is 0 Å². The van der Waals surface area contributed by atoms with Gasteiger partial charge in [0.1, 0.15) is 0 Å². The minimum atomic E-state index is -0.0491. The van der Waals surface area contributed by atoms with Crippen LogP contribution in [0.25, 0.3) is 0 Å². The van der Waals surface area contributed by atoms with Gasteiger partial charge in [0.2, 0.25) is 0 Å². The fourth-order valence-corrected chi connectivity index (χ4v) is 2.94. The molecule has 0 aromatic heterocycles. The summed E-state index contributed by atoms with van der Waals surface area (Å²) in [6, 6.07) is 0. The Morgan fingerprint density at radius 2 is 2.08 bits per heavy atom. The Bertz CT molecular complexity index is 163. The molecule has 0 aromatic rings. The Hall–Kier alpha value is -0.0800. The summed E-state index contributed by atoms with van der Waals surface area (Å²) >= 11 is 0. The van der Waals surface area contributed by atoms with Crippen molar-refractivity contribution in [1.29, 1.82) is 0 Å². The molecule has 1 saturated heterocycles. The second-order valence-corrected chi connectivity index (χ2v) is 4.64. The van der Waals surface area contributed by atoms with Crippen molar-refractivity contribution in [1.82, 2.24) is 0 Å². The predicted octanol–water partition coefficient (Wildman–Crippen LogP) is 1.82. The van der Waals surface area contributed by atoms with Crippen LogP contribution in [0, 0.1) is 17.8 Å². The van der Waals surface area contributed by atoms with Gasteiger partial charge in [-0.1, -0.05) is 6.92 Å². The van der Waals surface area contributed by atoms with Gasteiger partial charge < -0.3 is 9.84 Å². The van der Waals surface area contributed by atoms with E-state index in [1.54, 1.807) is 0 Å². The average Bonchev–Trinajstić information content (AvgIpc) is 2.49. The number of ether oxygens (including phenoxy) is 1. The Labute approximate surface area is 80.3 Å². The molecular weight excluding hydrogens is 164 g/mol. The monoisotopic (exact) mass is 184 g/mol. The van der Waals surface area contributed by atoms with Gasteiger partial charge in [0.05, 0.1) is 6.10 Å². The summed E-state index contributed by atoms with van der Waals surface area (Å²) < 4.78 is 5.50. The van der Waals surface area contributed by atoms with Crippen LogP contribution < -0.4 is 0 Å². The highest BCUT2D eigenvalue weighted by Gasteiger charge is 2.37. The Kier molecular flexibility index (Phi) is 2.89. The molecule has 0 aromatic carbocycles. The Morgan fingerprint density at radius 3 is 2.62 bits per heavy atom. The molecule has 1 N–H and O–H groups in total. The minimum Gasteiger partial charge on any atom is -0.393 e. The molecule has 76 valence electrons. The molecule has 0 amide bonds. The number of rotatable bonds is 1. The molecule has 13 heavy (non-hydrogen) atoms. The molecule has 1 aliphatic carbocycles. The SMILES string of the molecule is CC1C(O)CCC1C1CCCOC1.